The molecule has 0 aromatic carbocycles. The van der Waals surface area contributed by atoms with E-state index in [2.05, 4.69) is 10.3 Å². The third-order valence-electron chi connectivity index (χ3n) is 2.63. The van der Waals surface area contributed by atoms with E-state index < -0.39 is 0 Å². The molecule has 0 radical (unpaired) electrons. The molecule has 0 saturated carbocycles. The Morgan fingerprint density at radius 2 is 2.56 bits per heavy atom. The molecule has 1 aromatic rings. The molecule has 1 aromatic heterocycles. The lowest BCUT2D eigenvalue weighted by Crippen LogP contribution is -2.41. The number of aromatic nitrogens is 1. The molecular weight excluding hydrogens is 226 g/mol. The summed E-state index contributed by atoms with van der Waals surface area (Å²) in [6, 6.07) is -0.167. The molecule has 16 heavy (non-hydrogen) atoms. The van der Waals surface area contributed by atoms with Crippen molar-refractivity contribution in [3.8, 4) is 0 Å². The van der Waals surface area contributed by atoms with Crippen LogP contribution in [-0.4, -0.2) is 36.7 Å². The van der Waals surface area contributed by atoms with Crippen molar-refractivity contribution >= 4 is 17.2 Å². The molecule has 0 spiro atoms. The second-order valence-electron chi connectivity index (χ2n) is 3.83. The molecule has 1 aliphatic rings. The van der Waals surface area contributed by atoms with Crippen LogP contribution in [0.2, 0.25) is 0 Å². The smallest absolute Gasteiger partial charge is 0.227 e. The zero-order chi connectivity index (χ0) is 11.4. The normalized spacial score (nSPS) is 24.6. The summed E-state index contributed by atoms with van der Waals surface area (Å²) in [6.07, 6.45) is 0.762. The predicted molar refractivity (Wildman–Crippen MR) is 61.1 cm³/mol. The molecule has 1 aliphatic heterocycles. The Bertz CT molecular complexity index is 342. The topological polar surface area (TPSA) is 77.2 Å². The second kappa shape index (κ2) is 5.38. The van der Waals surface area contributed by atoms with Gasteiger partial charge in [-0.05, 0) is 0 Å². The summed E-state index contributed by atoms with van der Waals surface area (Å²) in [4.78, 5) is 15.8. The Hall–Kier alpha value is -0.980. The van der Waals surface area contributed by atoms with Crippen molar-refractivity contribution in [1.29, 1.82) is 0 Å². The Balaban J connectivity index is 1.71. The molecular formula is C10H15N3O2S. The number of carbonyl (C=O) groups excluding carboxylic acids is 1. The largest absolute Gasteiger partial charge is 0.379 e. The van der Waals surface area contributed by atoms with Crippen LogP contribution in [0.4, 0.5) is 0 Å². The standard InChI is InChI=1S/C10H15N3O2S/c11-9-4-15-3-8(9)10(14)12-2-1-7-5-16-6-13-7/h5-6,8-9H,1-4,11H2,(H,12,14). The molecule has 1 saturated heterocycles. The predicted octanol–water partition coefficient (Wildman–Crippen LogP) is -0.224. The van der Waals surface area contributed by atoms with Crippen LogP contribution in [0.15, 0.2) is 10.9 Å². The van der Waals surface area contributed by atoms with E-state index in [9.17, 15) is 4.79 Å². The van der Waals surface area contributed by atoms with Gasteiger partial charge in [-0.3, -0.25) is 4.79 Å². The zero-order valence-electron chi connectivity index (χ0n) is 8.89. The SMILES string of the molecule is NC1COCC1C(=O)NCCc1cscn1. The van der Waals surface area contributed by atoms with Crippen LogP contribution >= 0.6 is 11.3 Å². The van der Waals surface area contributed by atoms with E-state index in [1.807, 2.05) is 5.38 Å². The van der Waals surface area contributed by atoms with Crippen LogP contribution in [0.1, 0.15) is 5.69 Å². The van der Waals surface area contributed by atoms with Gasteiger partial charge in [0.2, 0.25) is 5.91 Å². The lowest BCUT2D eigenvalue weighted by Gasteiger charge is -2.12. The first kappa shape index (κ1) is 11.5. The summed E-state index contributed by atoms with van der Waals surface area (Å²) >= 11 is 1.56. The summed E-state index contributed by atoms with van der Waals surface area (Å²) in [6.45, 7) is 1.51. The van der Waals surface area contributed by atoms with Crippen LogP contribution in [0.3, 0.4) is 0 Å². The number of amides is 1. The van der Waals surface area contributed by atoms with Crippen molar-refractivity contribution in [1.82, 2.24) is 10.3 Å². The van der Waals surface area contributed by atoms with Gasteiger partial charge in [0, 0.05) is 24.4 Å². The highest BCUT2D eigenvalue weighted by atomic mass is 32.1. The van der Waals surface area contributed by atoms with Crippen LogP contribution < -0.4 is 11.1 Å². The van der Waals surface area contributed by atoms with Gasteiger partial charge in [0.1, 0.15) is 0 Å². The fraction of sp³-hybridized carbons (Fsp3) is 0.600. The van der Waals surface area contributed by atoms with Gasteiger partial charge in [-0.25, -0.2) is 4.98 Å². The highest BCUT2D eigenvalue weighted by molar-refractivity contribution is 7.07. The molecule has 1 amide bonds. The van der Waals surface area contributed by atoms with Crippen molar-refractivity contribution < 1.29 is 9.53 Å². The van der Waals surface area contributed by atoms with Gasteiger partial charge < -0.3 is 15.8 Å². The van der Waals surface area contributed by atoms with Gasteiger partial charge in [0.25, 0.3) is 0 Å². The maximum atomic E-state index is 11.7. The first-order valence-corrected chi connectivity index (χ1v) is 6.20. The minimum absolute atomic E-state index is 0.0137. The molecule has 5 nitrogen and oxygen atoms in total. The molecule has 0 aliphatic carbocycles. The first-order valence-electron chi connectivity index (χ1n) is 5.25. The van der Waals surface area contributed by atoms with E-state index >= 15 is 0 Å². The molecule has 6 heteroatoms. The lowest BCUT2D eigenvalue weighted by molar-refractivity contribution is -0.125. The lowest BCUT2D eigenvalue weighted by atomic mass is 10.0. The summed E-state index contributed by atoms with van der Waals surface area (Å²) < 4.78 is 5.15. The van der Waals surface area contributed by atoms with Gasteiger partial charge in [-0.1, -0.05) is 0 Å². The monoisotopic (exact) mass is 241 g/mol. The quantitative estimate of drug-likeness (QED) is 0.763. The van der Waals surface area contributed by atoms with Gasteiger partial charge >= 0.3 is 0 Å². The number of nitrogens with zero attached hydrogens (tertiary/aromatic N) is 1. The molecule has 3 N–H and O–H groups in total. The highest BCUT2D eigenvalue weighted by Crippen LogP contribution is 2.11. The highest BCUT2D eigenvalue weighted by Gasteiger charge is 2.30. The number of rotatable bonds is 4. The van der Waals surface area contributed by atoms with E-state index in [4.69, 9.17) is 10.5 Å². The Morgan fingerprint density at radius 3 is 3.19 bits per heavy atom. The van der Waals surface area contributed by atoms with Crippen LogP contribution in [0.25, 0.3) is 0 Å². The van der Waals surface area contributed by atoms with E-state index in [-0.39, 0.29) is 17.9 Å². The third kappa shape index (κ3) is 2.78. The van der Waals surface area contributed by atoms with E-state index in [0.717, 1.165) is 12.1 Å². The van der Waals surface area contributed by atoms with Crippen molar-refractivity contribution in [2.24, 2.45) is 11.7 Å². The van der Waals surface area contributed by atoms with E-state index in [1.165, 1.54) is 0 Å². The molecule has 2 rings (SSSR count). The zero-order valence-corrected chi connectivity index (χ0v) is 9.70. The molecule has 0 bridgehead atoms. The molecule has 2 atom stereocenters. The third-order valence-corrected chi connectivity index (χ3v) is 3.26. The number of thiazole rings is 1. The summed E-state index contributed by atoms with van der Waals surface area (Å²) in [5, 5.41) is 4.84. The Morgan fingerprint density at radius 1 is 1.69 bits per heavy atom. The average molecular weight is 241 g/mol. The molecule has 88 valence electrons. The molecule has 1 fully saturated rings. The van der Waals surface area contributed by atoms with Gasteiger partial charge in [0.05, 0.1) is 30.3 Å². The minimum Gasteiger partial charge on any atom is -0.379 e. The van der Waals surface area contributed by atoms with Gasteiger partial charge in [-0.2, -0.15) is 0 Å². The minimum atomic E-state index is -0.199. The van der Waals surface area contributed by atoms with E-state index in [0.29, 0.717) is 19.8 Å². The van der Waals surface area contributed by atoms with Crippen LogP contribution in [-0.2, 0) is 16.0 Å². The van der Waals surface area contributed by atoms with Gasteiger partial charge in [0.15, 0.2) is 0 Å². The number of ether oxygens (including phenoxy) is 1. The summed E-state index contributed by atoms with van der Waals surface area (Å²) in [5.41, 5.74) is 8.55. The van der Waals surface area contributed by atoms with Crippen LogP contribution in [0, 0.1) is 5.92 Å². The van der Waals surface area contributed by atoms with E-state index in [1.54, 1.807) is 16.8 Å². The second-order valence-corrected chi connectivity index (χ2v) is 4.55. The number of hydrogen-bond acceptors (Lipinski definition) is 5. The van der Waals surface area contributed by atoms with Gasteiger partial charge in [-0.15, -0.1) is 11.3 Å². The first-order chi connectivity index (χ1) is 7.77. The number of hydrogen-bond donors (Lipinski definition) is 2. The van der Waals surface area contributed by atoms with Crippen molar-refractivity contribution in [3.63, 3.8) is 0 Å². The Kier molecular flexibility index (Phi) is 3.87. The van der Waals surface area contributed by atoms with Crippen LogP contribution in [0.5, 0.6) is 0 Å². The maximum absolute atomic E-state index is 11.7. The summed E-state index contributed by atoms with van der Waals surface area (Å²) in [7, 11) is 0. The number of nitrogens with two attached hydrogens (primary N) is 1. The molecule has 2 unspecified atom stereocenters. The fourth-order valence-electron chi connectivity index (χ4n) is 1.65. The van der Waals surface area contributed by atoms with Crippen molar-refractivity contribution in [2.45, 2.75) is 12.5 Å². The van der Waals surface area contributed by atoms with Crippen molar-refractivity contribution in [3.05, 3.63) is 16.6 Å². The number of carbonyl (C=O) groups is 1. The molecule has 2 heterocycles. The number of nitrogens with one attached hydrogen (secondary N) is 1. The Labute approximate surface area is 98.0 Å². The van der Waals surface area contributed by atoms with Crippen molar-refractivity contribution in [2.75, 3.05) is 19.8 Å². The maximum Gasteiger partial charge on any atom is 0.227 e. The fourth-order valence-corrected chi connectivity index (χ4v) is 2.24. The average Bonchev–Trinajstić information content (AvgIpc) is 2.88. The summed E-state index contributed by atoms with van der Waals surface area (Å²) in [5.74, 6) is -0.212.